The molecule has 0 unspecified atom stereocenters. The van der Waals surface area contributed by atoms with Crippen LogP contribution in [0.2, 0.25) is 0 Å². The molecule has 0 aliphatic carbocycles. The maximum Gasteiger partial charge on any atom is 0.373 e. The minimum Gasteiger partial charge on any atom is -0.292 e. The molecule has 4 rings (SSSR count). The van der Waals surface area contributed by atoms with Crippen LogP contribution < -0.4 is 0 Å². The Morgan fingerprint density at radius 2 is 0.750 bits per heavy atom. The second-order valence-electron chi connectivity index (χ2n) is 11.4. The van der Waals surface area contributed by atoms with Gasteiger partial charge < -0.3 is 0 Å². The van der Waals surface area contributed by atoms with Crippen LogP contribution in [0, 0.1) is 0 Å². The molecule has 0 aliphatic heterocycles. The molecule has 0 bridgehead atoms. The molecular weight excluding hydrogens is 560 g/mol. The van der Waals surface area contributed by atoms with E-state index in [9.17, 15) is 19.2 Å². The van der Waals surface area contributed by atoms with Crippen LogP contribution in [-0.2, 0) is 19.6 Å². The van der Waals surface area contributed by atoms with E-state index < -0.39 is 23.1 Å². The van der Waals surface area contributed by atoms with Crippen molar-refractivity contribution < 1.29 is 38.7 Å². The minimum atomic E-state index is -0.951. The molecule has 0 aliphatic rings. The highest BCUT2D eigenvalue weighted by Crippen LogP contribution is 2.27. The first kappa shape index (κ1) is 32.0. The molecule has 0 spiro atoms. The smallest absolute Gasteiger partial charge is 0.292 e. The summed E-state index contributed by atoms with van der Waals surface area (Å²) in [7, 11) is 0. The van der Waals surface area contributed by atoms with Gasteiger partial charge in [-0.1, -0.05) is 97.1 Å². The van der Waals surface area contributed by atoms with Gasteiger partial charge in [-0.25, -0.2) is 9.59 Å². The van der Waals surface area contributed by atoms with Crippen molar-refractivity contribution in [3.63, 3.8) is 0 Å². The highest BCUT2D eigenvalue weighted by atomic mass is 17.2. The number of hydrogen-bond acceptors (Lipinski definition) is 8. The molecule has 8 heteroatoms. The van der Waals surface area contributed by atoms with Crippen molar-refractivity contribution in [2.24, 2.45) is 0 Å². The Morgan fingerprint density at radius 1 is 0.455 bits per heavy atom. The Balaban J connectivity index is 1.32. The molecule has 0 fully saturated rings. The van der Waals surface area contributed by atoms with Crippen LogP contribution in [0.3, 0.4) is 0 Å². The standard InChI is InChI=1S/C36H34O8/c1-35(2,43-41-33(39)29-21-13-11-19-27(29)31(37)25-15-7-5-8-16-25)23-24-36(3,4)44-42-34(40)30-22-14-12-20-28(30)32(38)26-17-9-6-10-18-26/h5-22H,23-24H2,1-4H3. The van der Waals surface area contributed by atoms with E-state index in [1.807, 2.05) is 0 Å². The quantitative estimate of drug-likeness (QED) is 0.0898. The molecule has 0 amide bonds. The van der Waals surface area contributed by atoms with Crippen LogP contribution in [0.4, 0.5) is 0 Å². The summed E-state index contributed by atoms with van der Waals surface area (Å²) >= 11 is 0. The van der Waals surface area contributed by atoms with Crippen molar-refractivity contribution in [2.75, 3.05) is 0 Å². The highest BCUT2D eigenvalue weighted by Gasteiger charge is 2.31. The zero-order valence-electron chi connectivity index (χ0n) is 25.1. The van der Waals surface area contributed by atoms with Crippen LogP contribution in [0.5, 0.6) is 0 Å². The lowest BCUT2D eigenvalue weighted by molar-refractivity contribution is -0.325. The number of carbonyl (C=O) groups excluding carboxylic acids is 4. The second kappa shape index (κ2) is 14.0. The van der Waals surface area contributed by atoms with E-state index >= 15 is 0 Å². The summed E-state index contributed by atoms with van der Waals surface area (Å²) in [6, 6.07) is 30.1. The summed E-state index contributed by atoms with van der Waals surface area (Å²) in [6.45, 7) is 6.92. The molecule has 4 aromatic rings. The van der Waals surface area contributed by atoms with Gasteiger partial charge in [-0.2, -0.15) is 9.78 Å². The fourth-order valence-electron chi connectivity index (χ4n) is 4.28. The van der Waals surface area contributed by atoms with Crippen molar-refractivity contribution in [1.29, 1.82) is 0 Å². The molecule has 4 aromatic carbocycles. The maximum atomic E-state index is 13.0. The van der Waals surface area contributed by atoms with Gasteiger partial charge in [0.1, 0.15) is 11.2 Å². The molecule has 0 saturated carbocycles. The SMILES string of the molecule is CC(C)(CCC(C)(C)OOC(=O)c1ccccc1C(=O)c1ccccc1)OOC(=O)c1ccccc1C(=O)c1ccccc1. The zero-order chi connectivity index (χ0) is 31.7. The van der Waals surface area contributed by atoms with Gasteiger partial charge in [-0.15, -0.1) is 0 Å². The van der Waals surface area contributed by atoms with E-state index in [4.69, 9.17) is 19.6 Å². The van der Waals surface area contributed by atoms with E-state index in [0.29, 0.717) is 24.0 Å². The third-order valence-corrected chi connectivity index (χ3v) is 6.87. The number of ketones is 2. The molecule has 0 heterocycles. The lowest BCUT2D eigenvalue weighted by Crippen LogP contribution is -2.33. The van der Waals surface area contributed by atoms with E-state index in [2.05, 4.69) is 0 Å². The second-order valence-corrected chi connectivity index (χ2v) is 11.4. The summed E-state index contributed by atoms with van der Waals surface area (Å²) in [5, 5.41) is 0. The predicted molar refractivity (Wildman–Crippen MR) is 163 cm³/mol. The topological polar surface area (TPSA) is 105 Å². The fraction of sp³-hybridized carbons (Fsp3) is 0.222. The molecule has 0 radical (unpaired) electrons. The van der Waals surface area contributed by atoms with Crippen molar-refractivity contribution in [3.8, 4) is 0 Å². The first-order chi connectivity index (χ1) is 21.0. The third-order valence-electron chi connectivity index (χ3n) is 6.87. The maximum absolute atomic E-state index is 13.0. The van der Waals surface area contributed by atoms with Crippen molar-refractivity contribution in [2.45, 2.75) is 51.7 Å². The first-order valence-corrected chi connectivity index (χ1v) is 14.1. The Labute approximate surface area is 256 Å². The summed E-state index contributed by atoms with van der Waals surface area (Å²) < 4.78 is 0. The first-order valence-electron chi connectivity index (χ1n) is 14.1. The Kier molecular flexibility index (Phi) is 10.2. The van der Waals surface area contributed by atoms with Gasteiger partial charge in [-0.3, -0.25) is 19.4 Å². The van der Waals surface area contributed by atoms with Gasteiger partial charge in [-0.05, 0) is 52.7 Å². The normalized spacial score (nSPS) is 11.5. The van der Waals surface area contributed by atoms with Crippen molar-refractivity contribution in [3.05, 3.63) is 143 Å². The molecule has 0 N–H and O–H groups in total. The third kappa shape index (κ3) is 8.34. The van der Waals surface area contributed by atoms with E-state index in [1.165, 1.54) is 12.1 Å². The van der Waals surface area contributed by atoms with Crippen LogP contribution in [0.1, 0.15) is 93.1 Å². The van der Waals surface area contributed by atoms with Crippen molar-refractivity contribution in [1.82, 2.24) is 0 Å². The average Bonchev–Trinajstić information content (AvgIpc) is 3.05. The largest absolute Gasteiger partial charge is 0.373 e. The Bertz CT molecular complexity index is 1500. The number of carbonyl (C=O) groups is 4. The minimum absolute atomic E-state index is 0.0822. The van der Waals surface area contributed by atoms with E-state index in [1.54, 1.807) is 125 Å². The molecule has 226 valence electrons. The zero-order valence-corrected chi connectivity index (χ0v) is 25.1. The monoisotopic (exact) mass is 594 g/mol. The summed E-state index contributed by atoms with van der Waals surface area (Å²) in [4.78, 5) is 73.1. The fourth-order valence-corrected chi connectivity index (χ4v) is 4.28. The van der Waals surface area contributed by atoms with Gasteiger partial charge in [0.15, 0.2) is 11.6 Å². The highest BCUT2D eigenvalue weighted by molar-refractivity contribution is 6.15. The molecule has 0 aromatic heterocycles. The summed E-state index contributed by atoms with van der Waals surface area (Å²) in [6.07, 6.45) is 0.691. The lowest BCUT2D eigenvalue weighted by Gasteiger charge is -2.28. The number of rotatable bonds is 13. The molecule has 0 atom stereocenters. The van der Waals surface area contributed by atoms with Crippen LogP contribution >= 0.6 is 0 Å². The molecule has 0 saturated heterocycles. The average molecular weight is 595 g/mol. The number of benzene rings is 4. The lowest BCUT2D eigenvalue weighted by atomic mass is 9.94. The predicted octanol–water partition coefficient (Wildman–Crippen LogP) is 7.36. The van der Waals surface area contributed by atoms with Crippen LogP contribution in [-0.4, -0.2) is 34.7 Å². The van der Waals surface area contributed by atoms with Gasteiger partial charge in [0.2, 0.25) is 0 Å². The van der Waals surface area contributed by atoms with Crippen molar-refractivity contribution >= 4 is 23.5 Å². The van der Waals surface area contributed by atoms with Gasteiger partial charge in [0.05, 0.1) is 11.1 Å². The molecule has 8 nitrogen and oxygen atoms in total. The Morgan fingerprint density at radius 3 is 1.09 bits per heavy atom. The van der Waals surface area contributed by atoms with E-state index in [-0.39, 0.29) is 33.8 Å². The van der Waals surface area contributed by atoms with Gasteiger partial charge >= 0.3 is 11.9 Å². The van der Waals surface area contributed by atoms with Gasteiger partial charge in [0, 0.05) is 22.3 Å². The van der Waals surface area contributed by atoms with Crippen LogP contribution in [0.15, 0.2) is 109 Å². The number of hydrogen-bond donors (Lipinski definition) is 0. The molecule has 44 heavy (non-hydrogen) atoms. The Hall–Kier alpha value is -4.92. The van der Waals surface area contributed by atoms with Gasteiger partial charge in [0.25, 0.3) is 0 Å². The molecular formula is C36H34O8. The summed E-state index contributed by atoms with van der Waals surface area (Å²) in [5.41, 5.74) is -0.438. The summed E-state index contributed by atoms with van der Waals surface area (Å²) in [5.74, 6) is -2.21. The van der Waals surface area contributed by atoms with Crippen LogP contribution in [0.25, 0.3) is 0 Å². The van der Waals surface area contributed by atoms with E-state index in [0.717, 1.165) is 0 Å².